The molecule has 0 bridgehead atoms. The van der Waals surface area contributed by atoms with Crippen molar-refractivity contribution in [3.8, 4) is 5.75 Å². The van der Waals surface area contributed by atoms with Crippen LogP contribution < -0.4 is 10.1 Å². The number of aryl methyl sites for hydroxylation is 1. The van der Waals surface area contributed by atoms with Crippen LogP contribution >= 0.6 is 28.3 Å². The topological polar surface area (TPSA) is 21.3 Å². The van der Waals surface area contributed by atoms with Gasteiger partial charge in [-0.2, -0.15) is 0 Å². The fourth-order valence-electron chi connectivity index (χ4n) is 1.79. The van der Waals surface area contributed by atoms with Crippen molar-refractivity contribution in [3.05, 3.63) is 28.2 Å². The SMILES string of the molecule is Cc1ccc(OCC2CCNC2)c(Br)c1.Cl. The molecule has 0 aromatic heterocycles. The summed E-state index contributed by atoms with van der Waals surface area (Å²) in [6.07, 6.45) is 1.23. The van der Waals surface area contributed by atoms with Crippen LogP contribution in [0.2, 0.25) is 0 Å². The highest BCUT2D eigenvalue weighted by Crippen LogP contribution is 2.26. The van der Waals surface area contributed by atoms with E-state index in [1.54, 1.807) is 0 Å². The maximum absolute atomic E-state index is 5.79. The maximum Gasteiger partial charge on any atom is 0.133 e. The lowest BCUT2D eigenvalue weighted by atomic mass is 10.1. The van der Waals surface area contributed by atoms with E-state index < -0.39 is 0 Å². The summed E-state index contributed by atoms with van der Waals surface area (Å²) in [6, 6.07) is 6.19. The van der Waals surface area contributed by atoms with Crippen molar-refractivity contribution in [2.24, 2.45) is 5.92 Å². The second kappa shape index (κ2) is 6.48. The van der Waals surface area contributed by atoms with Crippen molar-refractivity contribution in [1.82, 2.24) is 5.32 Å². The second-order valence-electron chi connectivity index (χ2n) is 4.10. The molecular formula is C12H17BrClNO. The largest absolute Gasteiger partial charge is 0.492 e. The average molecular weight is 307 g/mol. The third kappa shape index (κ3) is 3.65. The van der Waals surface area contributed by atoms with Gasteiger partial charge in [0.1, 0.15) is 5.75 Å². The van der Waals surface area contributed by atoms with E-state index in [1.165, 1.54) is 12.0 Å². The van der Waals surface area contributed by atoms with Gasteiger partial charge in [0.15, 0.2) is 0 Å². The lowest BCUT2D eigenvalue weighted by Gasteiger charge is -2.12. The highest BCUT2D eigenvalue weighted by atomic mass is 79.9. The zero-order chi connectivity index (χ0) is 10.7. The highest BCUT2D eigenvalue weighted by Gasteiger charge is 2.15. The standard InChI is InChI=1S/C12H16BrNO.ClH/c1-9-2-3-12(11(13)6-9)15-8-10-4-5-14-7-10;/h2-3,6,10,14H,4-5,7-8H2,1H3;1H. The predicted octanol–water partition coefficient (Wildman–Crippen LogP) is 3.17. The number of rotatable bonds is 3. The lowest BCUT2D eigenvalue weighted by molar-refractivity contribution is 0.258. The van der Waals surface area contributed by atoms with E-state index in [2.05, 4.69) is 40.3 Å². The third-order valence-corrected chi connectivity index (χ3v) is 3.34. The summed E-state index contributed by atoms with van der Waals surface area (Å²) in [5.41, 5.74) is 1.25. The van der Waals surface area contributed by atoms with Gasteiger partial charge in [-0.1, -0.05) is 6.07 Å². The maximum atomic E-state index is 5.79. The van der Waals surface area contributed by atoms with Crippen molar-refractivity contribution >= 4 is 28.3 Å². The molecule has 1 aliphatic heterocycles. The Morgan fingerprint density at radius 2 is 2.31 bits per heavy atom. The lowest BCUT2D eigenvalue weighted by Crippen LogP contribution is -2.15. The second-order valence-corrected chi connectivity index (χ2v) is 4.96. The van der Waals surface area contributed by atoms with Gasteiger partial charge >= 0.3 is 0 Å². The van der Waals surface area contributed by atoms with Crippen molar-refractivity contribution in [2.45, 2.75) is 13.3 Å². The molecule has 0 saturated carbocycles. The Hall–Kier alpha value is -0.250. The molecule has 1 aromatic rings. The van der Waals surface area contributed by atoms with Crippen LogP contribution in [0.25, 0.3) is 0 Å². The minimum Gasteiger partial charge on any atom is -0.492 e. The molecule has 4 heteroatoms. The Balaban J connectivity index is 0.00000128. The summed E-state index contributed by atoms with van der Waals surface area (Å²) in [4.78, 5) is 0. The zero-order valence-electron chi connectivity index (χ0n) is 9.33. The average Bonchev–Trinajstić information content (AvgIpc) is 2.69. The summed E-state index contributed by atoms with van der Waals surface area (Å²) in [7, 11) is 0. The van der Waals surface area contributed by atoms with Gasteiger partial charge in [0.05, 0.1) is 11.1 Å². The van der Waals surface area contributed by atoms with Gasteiger partial charge < -0.3 is 10.1 Å². The molecule has 1 unspecified atom stereocenters. The number of hydrogen-bond donors (Lipinski definition) is 1. The molecular weight excluding hydrogens is 289 g/mol. The first-order valence-corrected chi connectivity index (χ1v) is 6.14. The Labute approximate surface area is 111 Å². The Morgan fingerprint density at radius 3 is 2.94 bits per heavy atom. The molecule has 0 spiro atoms. The molecule has 1 heterocycles. The number of nitrogens with one attached hydrogen (secondary N) is 1. The van der Waals surface area contributed by atoms with E-state index in [9.17, 15) is 0 Å². The summed E-state index contributed by atoms with van der Waals surface area (Å²) in [6.45, 7) is 5.11. The normalized spacial score (nSPS) is 19.2. The first kappa shape index (κ1) is 13.8. The van der Waals surface area contributed by atoms with Crippen LogP contribution in [0.1, 0.15) is 12.0 Å². The molecule has 1 N–H and O–H groups in total. The van der Waals surface area contributed by atoms with E-state index in [4.69, 9.17) is 4.74 Å². The number of benzene rings is 1. The fourth-order valence-corrected chi connectivity index (χ4v) is 2.39. The quantitative estimate of drug-likeness (QED) is 0.926. The molecule has 0 radical (unpaired) electrons. The van der Waals surface area contributed by atoms with E-state index in [0.717, 1.165) is 29.9 Å². The Morgan fingerprint density at radius 1 is 1.50 bits per heavy atom. The van der Waals surface area contributed by atoms with E-state index >= 15 is 0 Å². The van der Waals surface area contributed by atoms with Crippen LogP contribution in [0.5, 0.6) is 5.75 Å². The molecule has 1 aliphatic rings. The predicted molar refractivity (Wildman–Crippen MR) is 72.6 cm³/mol. The monoisotopic (exact) mass is 305 g/mol. The first-order chi connectivity index (χ1) is 7.25. The molecule has 0 amide bonds. The van der Waals surface area contributed by atoms with Gasteiger partial charge in [0.2, 0.25) is 0 Å². The van der Waals surface area contributed by atoms with Crippen molar-refractivity contribution in [2.75, 3.05) is 19.7 Å². The molecule has 90 valence electrons. The van der Waals surface area contributed by atoms with Gasteiger partial charge in [0.25, 0.3) is 0 Å². The van der Waals surface area contributed by atoms with Gasteiger partial charge in [-0.05, 0) is 53.5 Å². The first-order valence-electron chi connectivity index (χ1n) is 5.35. The van der Waals surface area contributed by atoms with Gasteiger partial charge in [-0.3, -0.25) is 0 Å². The van der Waals surface area contributed by atoms with Gasteiger partial charge in [-0.25, -0.2) is 0 Å². The van der Waals surface area contributed by atoms with Gasteiger partial charge in [0, 0.05) is 12.5 Å². The van der Waals surface area contributed by atoms with E-state index in [-0.39, 0.29) is 12.4 Å². The van der Waals surface area contributed by atoms with E-state index in [0.29, 0.717) is 5.92 Å². The van der Waals surface area contributed by atoms with Gasteiger partial charge in [-0.15, -0.1) is 12.4 Å². The van der Waals surface area contributed by atoms with Crippen LogP contribution in [0, 0.1) is 12.8 Å². The minimum absolute atomic E-state index is 0. The van der Waals surface area contributed by atoms with Crippen LogP contribution in [0.4, 0.5) is 0 Å². The molecule has 16 heavy (non-hydrogen) atoms. The summed E-state index contributed by atoms with van der Waals surface area (Å²) >= 11 is 3.52. The third-order valence-electron chi connectivity index (χ3n) is 2.72. The van der Waals surface area contributed by atoms with Crippen LogP contribution in [0.3, 0.4) is 0 Å². The number of hydrogen-bond acceptors (Lipinski definition) is 2. The summed E-state index contributed by atoms with van der Waals surface area (Å²) in [5, 5.41) is 3.34. The molecule has 2 rings (SSSR count). The van der Waals surface area contributed by atoms with Crippen LogP contribution in [-0.4, -0.2) is 19.7 Å². The fraction of sp³-hybridized carbons (Fsp3) is 0.500. The molecule has 1 aromatic carbocycles. The van der Waals surface area contributed by atoms with Crippen molar-refractivity contribution in [1.29, 1.82) is 0 Å². The van der Waals surface area contributed by atoms with E-state index in [1.807, 2.05) is 6.07 Å². The van der Waals surface area contributed by atoms with Crippen molar-refractivity contribution in [3.63, 3.8) is 0 Å². The summed E-state index contributed by atoms with van der Waals surface area (Å²) in [5.74, 6) is 1.62. The molecule has 1 saturated heterocycles. The Bertz CT molecular complexity index is 340. The smallest absolute Gasteiger partial charge is 0.133 e. The Kier molecular flexibility index (Phi) is 5.59. The van der Waals surface area contributed by atoms with Crippen molar-refractivity contribution < 1.29 is 4.74 Å². The van der Waals surface area contributed by atoms with Crippen LogP contribution in [0.15, 0.2) is 22.7 Å². The number of ether oxygens (including phenoxy) is 1. The molecule has 0 aliphatic carbocycles. The zero-order valence-corrected chi connectivity index (χ0v) is 11.7. The summed E-state index contributed by atoms with van der Waals surface area (Å²) < 4.78 is 6.84. The molecule has 2 nitrogen and oxygen atoms in total. The number of halogens is 2. The highest BCUT2D eigenvalue weighted by molar-refractivity contribution is 9.10. The molecule has 1 atom stereocenters. The minimum atomic E-state index is 0. The molecule has 1 fully saturated rings. The van der Waals surface area contributed by atoms with Crippen LogP contribution in [-0.2, 0) is 0 Å².